The number of hydrogen-bond donors (Lipinski definition) is 1. The molecule has 1 aliphatic heterocycles. The van der Waals surface area contributed by atoms with Crippen molar-refractivity contribution in [1.29, 1.82) is 0 Å². The van der Waals surface area contributed by atoms with Gasteiger partial charge in [0, 0.05) is 0 Å². The minimum Gasteiger partial charge on any atom is -0.481 e. The predicted molar refractivity (Wildman–Crippen MR) is 50.8 cm³/mol. The highest BCUT2D eigenvalue weighted by Gasteiger charge is 2.31. The molecule has 74 valence electrons. The maximum Gasteiger partial charge on any atom is 0.309 e. The van der Waals surface area contributed by atoms with E-state index in [9.17, 15) is 4.79 Å². The van der Waals surface area contributed by atoms with Gasteiger partial charge in [-0.2, -0.15) is 0 Å². The summed E-state index contributed by atoms with van der Waals surface area (Å²) >= 11 is 0. The van der Waals surface area contributed by atoms with E-state index >= 15 is 0 Å². The zero-order chi connectivity index (χ0) is 10.1. The summed E-state index contributed by atoms with van der Waals surface area (Å²) in [4.78, 5) is 10.8. The Bertz CT molecular complexity index is 359. The molecule has 1 aromatic rings. The van der Waals surface area contributed by atoms with Crippen LogP contribution in [0.2, 0.25) is 0 Å². The Kier molecular flexibility index (Phi) is 2.25. The standard InChI is InChI=1S/C11H12O3/c1-7(11(12)13)10-9-5-3-2-4-8(9)6-14-10/h2-5,7,10H,6H2,1H3,(H,12,13)/t7-,10?/m0/s1. The molecule has 1 aromatic carbocycles. The Labute approximate surface area is 82.3 Å². The van der Waals surface area contributed by atoms with Gasteiger partial charge in [0.1, 0.15) is 0 Å². The van der Waals surface area contributed by atoms with Crippen molar-refractivity contribution in [3.05, 3.63) is 35.4 Å². The molecule has 0 fully saturated rings. The fraction of sp³-hybridized carbons (Fsp3) is 0.364. The lowest BCUT2D eigenvalue weighted by atomic mass is 9.96. The molecule has 0 aliphatic carbocycles. The van der Waals surface area contributed by atoms with Crippen LogP contribution < -0.4 is 0 Å². The van der Waals surface area contributed by atoms with Gasteiger partial charge in [-0.25, -0.2) is 0 Å². The Morgan fingerprint density at radius 3 is 3.00 bits per heavy atom. The van der Waals surface area contributed by atoms with Crippen LogP contribution >= 0.6 is 0 Å². The van der Waals surface area contributed by atoms with Crippen molar-refractivity contribution < 1.29 is 14.6 Å². The first kappa shape index (κ1) is 9.21. The number of fused-ring (bicyclic) bond motifs is 1. The molecule has 0 aromatic heterocycles. The molecule has 1 unspecified atom stereocenters. The molecule has 2 rings (SSSR count). The van der Waals surface area contributed by atoms with Gasteiger partial charge in [0.25, 0.3) is 0 Å². The van der Waals surface area contributed by atoms with Crippen LogP contribution in [0.5, 0.6) is 0 Å². The van der Waals surface area contributed by atoms with Crippen LogP contribution in [0.1, 0.15) is 24.2 Å². The fourth-order valence-electron chi connectivity index (χ4n) is 1.76. The second-order valence-electron chi connectivity index (χ2n) is 3.56. The van der Waals surface area contributed by atoms with Crippen molar-refractivity contribution >= 4 is 5.97 Å². The lowest BCUT2D eigenvalue weighted by Gasteiger charge is -2.15. The number of ether oxygens (including phenoxy) is 1. The molecule has 3 nitrogen and oxygen atoms in total. The Balaban J connectivity index is 2.30. The number of carbonyl (C=O) groups is 1. The zero-order valence-corrected chi connectivity index (χ0v) is 7.93. The van der Waals surface area contributed by atoms with E-state index in [0.29, 0.717) is 6.61 Å². The van der Waals surface area contributed by atoms with Gasteiger partial charge < -0.3 is 9.84 Å². The van der Waals surface area contributed by atoms with Crippen molar-refractivity contribution in [2.45, 2.75) is 19.6 Å². The van der Waals surface area contributed by atoms with Gasteiger partial charge in [-0.1, -0.05) is 24.3 Å². The second kappa shape index (κ2) is 3.42. The molecular weight excluding hydrogens is 180 g/mol. The normalized spacial score (nSPS) is 21.6. The molecule has 2 atom stereocenters. The van der Waals surface area contributed by atoms with Gasteiger partial charge >= 0.3 is 5.97 Å². The van der Waals surface area contributed by atoms with Gasteiger partial charge in [0.2, 0.25) is 0 Å². The number of rotatable bonds is 2. The second-order valence-corrected chi connectivity index (χ2v) is 3.56. The maximum absolute atomic E-state index is 10.8. The van der Waals surface area contributed by atoms with Crippen LogP contribution in [0.3, 0.4) is 0 Å². The topological polar surface area (TPSA) is 46.5 Å². The molecular formula is C11H12O3. The summed E-state index contributed by atoms with van der Waals surface area (Å²) < 4.78 is 5.47. The lowest BCUT2D eigenvalue weighted by molar-refractivity contribution is -0.146. The predicted octanol–water partition coefficient (Wildman–Crippen LogP) is 1.98. The molecule has 0 saturated carbocycles. The van der Waals surface area contributed by atoms with E-state index < -0.39 is 11.9 Å². The molecule has 1 heterocycles. The summed E-state index contributed by atoms with van der Waals surface area (Å²) in [6.07, 6.45) is -0.288. The van der Waals surface area contributed by atoms with Gasteiger partial charge in [-0.3, -0.25) is 4.79 Å². The van der Waals surface area contributed by atoms with E-state index in [1.54, 1.807) is 6.92 Å². The van der Waals surface area contributed by atoms with E-state index in [2.05, 4.69) is 0 Å². The Hall–Kier alpha value is -1.35. The third-order valence-electron chi connectivity index (χ3n) is 2.62. The summed E-state index contributed by atoms with van der Waals surface area (Å²) in [6.45, 7) is 2.20. The van der Waals surface area contributed by atoms with Crippen molar-refractivity contribution in [2.24, 2.45) is 5.92 Å². The van der Waals surface area contributed by atoms with Crippen LogP contribution in [-0.2, 0) is 16.1 Å². The maximum atomic E-state index is 10.8. The van der Waals surface area contributed by atoms with Crippen LogP contribution in [0.15, 0.2) is 24.3 Å². The molecule has 0 amide bonds. The molecule has 1 N–H and O–H groups in total. The van der Waals surface area contributed by atoms with E-state index in [1.807, 2.05) is 24.3 Å². The minimum atomic E-state index is -0.813. The molecule has 3 heteroatoms. The van der Waals surface area contributed by atoms with Gasteiger partial charge in [-0.05, 0) is 18.1 Å². The lowest BCUT2D eigenvalue weighted by Crippen LogP contribution is -2.18. The quantitative estimate of drug-likeness (QED) is 0.779. The largest absolute Gasteiger partial charge is 0.481 e. The molecule has 0 radical (unpaired) electrons. The number of benzene rings is 1. The summed E-state index contributed by atoms with van der Waals surface area (Å²) in [5, 5.41) is 8.89. The fourth-order valence-corrected chi connectivity index (χ4v) is 1.76. The van der Waals surface area contributed by atoms with E-state index in [0.717, 1.165) is 11.1 Å². The highest BCUT2D eigenvalue weighted by molar-refractivity contribution is 5.70. The number of hydrogen-bond acceptors (Lipinski definition) is 2. The van der Waals surface area contributed by atoms with Crippen molar-refractivity contribution in [1.82, 2.24) is 0 Å². The van der Waals surface area contributed by atoms with Crippen LogP contribution in [-0.4, -0.2) is 11.1 Å². The van der Waals surface area contributed by atoms with Crippen LogP contribution in [0, 0.1) is 5.92 Å². The van der Waals surface area contributed by atoms with Gasteiger partial charge in [0.15, 0.2) is 0 Å². The van der Waals surface area contributed by atoms with E-state index in [4.69, 9.17) is 9.84 Å². The Morgan fingerprint density at radius 2 is 2.29 bits per heavy atom. The van der Waals surface area contributed by atoms with Gasteiger partial charge in [-0.15, -0.1) is 0 Å². The smallest absolute Gasteiger partial charge is 0.309 e. The Morgan fingerprint density at radius 1 is 1.57 bits per heavy atom. The third kappa shape index (κ3) is 1.40. The molecule has 14 heavy (non-hydrogen) atoms. The number of carboxylic acid groups (broad SMARTS) is 1. The molecule has 0 bridgehead atoms. The molecule has 0 saturated heterocycles. The van der Waals surface area contributed by atoms with Crippen molar-refractivity contribution in [3.63, 3.8) is 0 Å². The SMILES string of the molecule is C[C@H](C(=O)O)C1OCc2ccccc21. The first-order chi connectivity index (χ1) is 6.70. The first-order valence-corrected chi connectivity index (χ1v) is 4.62. The first-order valence-electron chi connectivity index (χ1n) is 4.62. The number of carboxylic acids is 1. The number of aliphatic carboxylic acids is 1. The summed E-state index contributed by atoms with van der Waals surface area (Å²) in [5.41, 5.74) is 2.12. The monoisotopic (exact) mass is 192 g/mol. The van der Waals surface area contributed by atoms with Crippen LogP contribution in [0.25, 0.3) is 0 Å². The zero-order valence-electron chi connectivity index (χ0n) is 7.93. The highest BCUT2D eigenvalue weighted by atomic mass is 16.5. The van der Waals surface area contributed by atoms with Crippen LogP contribution in [0.4, 0.5) is 0 Å². The summed E-state index contributed by atoms with van der Waals surface area (Å²) in [6, 6.07) is 7.77. The highest BCUT2D eigenvalue weighted by Crippen LogP contribution is 2.35. The third-order valence-corrected chi connectivity index (χ3v) is 2.62. The average molecular weight is 192 g/mol. The van der Waals surface area contributed by atoms with E-state index in [-0.39, 0.29) is 6.10 Å². The summed E-state index contributed by atoms with van der Waals surface area (Å²) in [5.74, 6) is -1.30. The minimum absolute atomic E-state index is 0.288. The van der Waals surface area contributed by atoms with E-state index in [1.165, 1.54) is 0 Å². The molecule has 1 aliphatic rings. The summed E-state index contributed by atoms with van der Waals surface area (Å²) in [7, 11) is 0. The molecule has 0 spiro atoms. The van der Waals surface area contributed by atoms with Crippen molar-refractivity contribution in [2.75, 3.05) is 0 Å². The van der Waals surface area contributed by atoms with Crippen molar-refractivity contribution in [3.8, 4) is 0 Å². The average Bonchev–Trinajstić information content (AvgIpc) is 2.60. The van der Waals surface area contributed by atoms with Gasteiger partial charge in [0.05, 0.1) is 18.6 Å².